The Morgan fingerprint density at radius 3 is 2.25 bits per heavy atom. The monoisotopic (exact) mass is 217 g/mol. The summed E-state index contributed by atoms with van der Waals surface area (Å²) < 4.78 is 0. The molecule has 1 aromatic rings. The Bertz CT molecular complexity index is 345. The predicted octanol–water partition coefficient (Wildman–Crippen LogP) is 4.06. The van der Waals surface area contributed by atoms with Gasteiger partial charge in [-0.15, -0.1) is 0 Å². The molecule has 2 nitrogen and oxygen atoms in total. The molecular formula is C14H21N2. The Morgan fingerprint density at radius 1 is 1.06 bits per heavy atom. The topological polar surface area (TPSA) is 24.7 Å². The van der Waals surface area contributed by atoms with Crippen molar-refractivity contribution in [3.63, 3.8) is 0 Å². The molecule has 87 valence electrons. The Morgan fingerprint density at radius 2 is 1.75 bits per heavy atom. The Labute approximate surface area is 98.8 Å². The van der Waals surface area contributed by atoms with Crippen molar-refractivity contribution >= 4 is 0 Å². The molecule has 1 rings (SSSR count). The first-order valence-electron chi connectivity index (χ1n) is 5.68. The molecule has 0 aliphatic rings. The Kier molecular flexibility index (Phi) is 3.84. The van der Waals surface area contributed by atoms with Gasteiger partial charge in [-0.25, -0.2) is 0 Å². The van der Waals surface area contributed by atoms with Gasteiger partial charge in [0, 0.05) is 0 Å². The molecular weight excluding hydrogens is 196 g/mol. The first-order chi connectivity index (χ1) is 7.29. The van der Waals surface area contributed by atoms with Crippen molar-refractivity contribution in [2.75, 3.05) is 0 Å². The van der Waals surface area contributed by atoms with E-state index in [-0.39, 0.29) is 11.1 Å². The SMILES string of the molecule is CC(C)(C)N=NC(C)(C)Cc1[c]cccc1. The van der Waals surface area contributed by atoms with Gasteiger partial charge < -0.3 is 0 Å². The number of azo groups is 1. The van der Waals surface area contributed by atoms with Gasteiger partial charge in [-0.1, -0.05) is 24.3 Å². The first-order valence-corrected chi connectivity index (χ1v) is 5.68. The van der Waals surface area contributed by atoms with Crippen LogP contribution < -0.4 is 0 Å². The van der Waals surface area contributed by atoms with Crippen molar-refractivity contribution < 1.29 is 0 Å². The molecule has 1 radical (unpaired) electrons. The van der Waals surface area contributed by atoms with Crippen molar-refractivity contribution in [2.45, 2.75) is 52.1 Å². The third-order valence-corrected chi connectivity index (χ3v) is 2.02. The maximum Gasteiger partial charge on any atom is 0.0800 e. The molecule has 0 aromatic heterocycles. The van der Waals surface area contributed by atoms with E-state index in [1.54, 1.807) is 0 Å². The zero-order chi connectivity index (χ0) is 12.2. The molecule has 0 fully saturated rings. The van der Waals surface area contributed by atoms with Crippen LogP contribution in [0.2, 0.25) is 0 Å². The van der Waals surface area contributed by atoms with E-state index in [0.717, 1.165) is 6.42 Å². The van der Waals surface area contributed by atoms with E-state index in [9.17, 15) is 0 Å². The van der Waals surface area contributed by atoms with Crippen molar-refractivity contribution in [3.8, 4) is 0 Å². The van der Waals surface area contributed by atoms with Gasteiger partial charge in [0.2, 0.25) is 0 Å². The van der Waals surface area contributed by atoms with Crippen LogP contribution in [-0.2, 0) is 6.42 Å². The van der Waals surface area contributed by atoms with E-state index in [1.807, 2.05) is 18.2 Å². The molecule has 0 aliphatic carbocycles. The molecule has 0 aliphatic heterocycles. The highest BCUT2D eigenvalue weighted by Gasteiger charge is 2.19. The molecule has 2 heteroatoms. The molecule has 1 aromatic carbocycles. The fourth-order valence-corrected chi connectivity index (χ4v) is 1.33. The zero-order valence-electron chi connectivity index (χ0n) is 10.9. The second-order valence-corrected chi connectivity index (χ2v) is 5.75. The first kappa shape index (κ1) is 12.9. The Balaban J connectivity index is 2.69. The van der Waals surface area contributed by atoms with Crippen molar-refractivity contribution in [3.05, 3.63) is 35.9 Å². The smallest absolute Gasteiger partial charge is 0.0800 e. The molecule has 16 heavy (non-hydrogen) atoms. The van der Waals surface area contributed by atoms with Crippen molar-refractivity contribution in [2.24, 2.45) is 10.2 Å². The van der Waals surface area contributed by atoms with Crippen LogP contribution in [0.1, 0.15) is 40.2 Å². The van der Waals surface area contributed by atoms with Crippen LogP contribution in [0.15, 0.2) is 34.5 Å². The number of benzene rings is 1. The average molecular weight is 217 g/mol. The summed E-state index contributed by atoms with van der Waals surface area (Å²) in [5.41, 5.74) is 0.920. The second kappa shape index (κ2) is 4.77. The van der Waals surface area contributed by atoms with E-state index >= 15 is 0 Å². The molecule has 0 atom stereocenters. The van der Waals surface area contributed by atoms with E-state index in [2.05, 4.69) is 57.0 Å². The van der Waals surface area contributed by atoms with E-state index < -0.39 is 0 Å². The highest BCUT2D eigenvalue weighted by Crippen LogP contribution is 2.19. The minimum atomic E-state index is -0.162. The van der Waals surface area contributed by atoms with Crippen molar-refractivity contribution in [1.29, 1.82) is 0 Å². The van der Waals surface area contributed by atoms with Crippen molar-refractivity contribution in [1.82, 2.24) is 0 Å². The Hall–Kier alpha value is -1.18. The van der Waals surface area contributed by atoms with Gasteiger partial charge in [0.15, 0.2) is 0 Å². The van der Waals surface area contributed by atoms with Crippen LogP contribution >= 0.6 is 0 Å². The molecule has 0 N–H and O–H groups in total. The normalized spacial score (nSPS) is 13.3. The minimum Gasteiger partial charge on any atom is -0.188 e. The fourth-order valence-electron chi connectivity index (χ4n) is 1.33. The molecule has 0 amide bonds. The average Bonchev–Trinajstić information content (AvgIpc) is 2.15. The third kappa shape index (κ3) is 5.06. The minimum absolute atomic E-state index is 0.0995. The highest BCUT2D eigenvalue weighted by atomic mass is 15.2. The number of nitrogens with zero attached hydrogens (tertiary/aromatic N) is 2. The summed E-state index contributed by atoms with van der Waals surface area (Å²) in [5.74, 6) is 0. The standard InChI is InChI=1S/C14H21N2/c1-13(2,3)15-16-14(4,5)11-12-9-7-6-8-10-12/h6-9H,11H2,1-5H3. The van der Waals surface area contributed by atoms with Crippen LogP contribution in [0.4, 0.5) is 0 Å². The van der Waals surface area contributed by atoms with Gasteiger partial charge >= 0.3 is 0 Å². The summed E-state index contributed by atoms with van der Waals surface area (Å²) in [4.78, 5) is 0. The summed E-state index contributed by atoms with van der Waals surface area (Å²) >= 11 is 0. The number of rotatable bonds is 3. The van der Waals surface area contributed by atoms with Crippen LogP contribution in [0.5, 0.6) is 0 Å². The molecule has 0 heterocycles. The van der Waals surface area contributed by atoms with Gasteiger partial charge in [0.05, 0.1) is 11.1 Å². The lowest BCUT2D eigenvalue weighted by atomic mass is 9.96. The number of hydrogen-bond donors (Lipinski definition) is 0. The van der Waals surface area contributed by atoms with Crippen LogP contribution in [-0.4, -0.2) is 11.1 Å². The lowest BCUT2D eigenvalue weighted by molar-refractivity contribution is 0.436. The molecule has 0 bridgehead atoms. The summed E-state index contributed by atoms with van der Waals surface area (Å²) in [6.07, 6.45) is 0.868. The molecule has 0 unspecified atom stereocenters. The summed E-state index contributed by atoms with van der Waals surface area (Å²) in [7, 11) is 0. The predicted molar refractivity (Wildman–Crippen MR) is 67.7 cm³/mol. The lowest BCUT2D eigenvalue weighted by Gasteiger charge is -2.20. The van der Waals surface area contributed by atoms with Gasteiger partial charge in [0.25, 0.3) is 0 Å². The molecule has 0 saturated heterocycles. The molecule has 0 spiro atoms. The fraction of sp³-hybridized carbons (Fsp3) is 0.571. The third-order valence-electron chi connectivity index (χ3n) is 2.02. The summed E-state index contributed by atoms with van der Waals surface area (Å²) in [6, 6.07) is 11.2. The van der Waals surface area contributed by atoms with Crippen LogP contribution in [0.3, 0.4) is 0 Å². The summed E-state index contributed by atoms with van der Waals surface area (Å²) in [6.45, 7) is 10.4. The lowest BCUT2D eigenvalue weighted by Crippen LogP contribution is -2.21. The highest BCUT2D eigenvalue weighted by molar-refractivity contribution is 5.15. The maximum atomic E-state index is 4.43. The second-order valence-electron chi connectivity index (χ2n) is 5.75. The van der Waals surface area contributed by atoms with Crippen LogP contribution in [0.25, 0.3) is 0 Å². The van der Waals surface area contributed by atoms with E-state index in [0.29, 0.717) is 0 Å². The van der Waals surface area contributed by atoms with E-state index in [4.69, 9.17) is 0 Å². The maximum absolute atomic E-state index is 4.43. The van der Waals surface area contributed by atoms with Crippen LogP contribution in [0, 0.1) is 6.07 Å². The van der Waals surface area contributed by atoms with Gasteiger partial charge in [-0.05, 0) is 52.7 Å². The quantitative estimate of drug-likeness (QED) is 0.682. The number of hydrogen-bond acceptors (Lipinski definition) is 2. The van der Waals surface area contributed by atoms with E-state index in [1.165, 1.54) is 5.56 Å². The largest absolute Gasteiger partial charge is 0.188 e. The zero-order valence-corrected chi connectivity index (χ0v) is 10.9. The molecule has 0 saturated carbocycles. The van der Waals surface area contributed by atoms with Gasteiger partial charge in [-0.3, -0.25) is 0 Å². The van der Waals surface area contributed by atoms with Gasteiger partial charge in [-0.2, -0.15) is 10.2 Å². The van der Waals surface area contributed by atoms with Gasteiger partial charge in [0.1, 0.15) is 0 Å². The summed E-state index contributed by atoms with van der Waals surface area (Å²) in [5, 5.41) is 8.76.